The fourth-order valence-electron chi connectivity index (χ4n) is 1.36. The zero-order chi connectivity index (χ0) is 14.1. The maximum Gasteiger partial charge on any atom is 0.212 e. The van der Waals surface area contributed by atoms with Crippen LogP contribution in [0.5, 0.6) is 0 Å². The monoisotopic (exact) mass is 298 g/mol. The normalized spacial score (nSPS) is 11.1. The molecule has 0 atom stereocenters. The third-order valence-electron chi connectivity index (χ3n) is 2.35. The van der Waals surface area contributed by atoms with E-state index in [9.17, 15) is 8.42 Å². The number of rotatable bonds is 8. The Labute approximate surface area is 119 Å². The van der Waals surface area contributed by atoms with Crippen LogP contribution in [-0.4, -0.2) is 26.5 Å². The number of nitrogen functional groups attached to an aromatic ring is 1. The number of hydrogen-bond acceptors (Lipinski definition) is 4. The fraction of sp³-hybridized carbons (Fsp3) is 0.385. The minimum absolute atomic E-state index is 0.0715. The van der Waals surface area contributed by atoms with E-state index in [0.29, 0.717) is 30.8 Å². The van der Waals surface area contributed by atoms with Crippen LogP contribution in [0.4, 0.5) is 5.69 Å². The SMILES string of the molecule is C#CCCCNS(=O)(=O)CCSc1ccccc1N. The van der Waals surface area contributed by atoms with Gasteiger partial charge in [0.1, 0.15) is 0 Å². The van der Waals surface area contributed by atoms with Crippen LogP contribution in [-0.2, 0) is 10.0 Å². The molecular weight excluding hydrogens is 280 g/mol. The number of nitrogens with one attached hydrogen (secondary N) is 1. The zero-order valence-corrected chi connectivity index (χ0v) is 12.3. The smallest absolute Gasteiger partial charge is 0.212 e. The Bertz CT molecular complexity index is 536. The molecule has 104 valence electrons. The van der Waals surface area contributed by atoms with Gasteiger partial charge >= 0.3 is 0 Å². The highest BCUT2D eigenvalue weighted by molar-refractivity contribution is 8.00. The summed E-state index contributed by atoms with van der Waals surface area (Å²) in [6.07, 6.45) is 6.34. The van der Waals surface area contributed by atoms with Gasteiger partial charge in [0.05, 0.1) is 5.75 Å². The van der Waals surface area contributed by atoms with Gasteiger partial charge in [0.25, 0.3) is 0 Å². The second kappa shape index (κ2) is 8.10. The lowest BCUT2D eigenvalue weighted by molar-refractivity contribution is 0.581. The minimum atomic E-state index is -3.23. The van der Waals surface area contributed by atoms with Gasteiger partial charge in [0, 0.05) is 29.3 Å². The van der Waals surface area contributed by atoms with Crippen LogP contribution in [0.2, 0.25) is 0 Å². The van der Waals surface area contributed by atoms with Gasteiger partial charge in [-0.1, -0.05) is 12.1 Å². The number of terminal acetylenes is 1. The summed E-state index contributed by atoms with van der Waals surface area (Å²) in [4.78, 5) is 0.907. The highest BCUT2D eigenvalue weighted by atomic mass is 32.2. The van der Waals surface area contributed by atoms with Gasteiger partial charge in [-0.05, 0) is 18.6 Å². The molecule has 0 radical (unpaired) electrons. The van der Waals surface area contributed by atoms with E-state index >= 15 is 0 Å². The third kappa shape index (κ3) is 6.53. The van der Waals surface area contributed by atoms with E-state index in [1.807, 2.05) is 18.2 Å². The quantitative estimate of drug-likeness (QED) is 0.331. The lowest BCUT2D eigenvalue weighted by Gasteiger charge is -2.07. The van der Waals surface area contributed by atoms with Gasteiger partial charge in [0.2, 0.25) is 10.0 Å². The van der Waals surface area contributed by atoms with Crippen LogP contribution >= 0.6 is 11.8 Å². The Balaban J connectivity index is 2.32. The maximum atomic E-state index is 11.7. The molecule has 0 spiro atoms. The molecule has 1 rings (SSSR count). The number of hydrogen-bond donors (Lipinski definition) is 2. The number of para-hydroxylation sites is 1. The largest absolute Gasteiger partial charge is 0.398 e. The van der Waals surface area contributed by atoms with Crippen LogP contribution in [0, 0.1) is 12.3 Å². The van der Waals surface area contributed by atoms with Crippen molar-refractivity contribution in [3.8, 4) is 12.3 Å². The first-order valence-electron chi connectivity index (χ1n) is 5.93. The van der Waals surface area contributed by atoms with Crippen molar-refractivity contribution in [2.45, 2.75) is 17.7 Å². The lowest BCUT2D eigenvalue weighted by atomic mass is 10.3. The van der Waals surface area contributed by atoms with E-state index in [0.717, 1.165) is 4.90 Å². The molecule has 0 unspecified atom stereocenters. The molecule has 0 bridgehead atoms. The number of benzene rings is 1. The Morgan fingerprint density at radius 3 is 2.79 bits per heavy atom. The predicted molar refractivity (Wildman–Crippen MR) is 81.4 cm³/mol. The molecule has 0 heterocycles. The molecule has 0 amide bonds. The Kier molecular flexibility index (Phi) is 6.78. The maximum absolute atomic E-state index is 11.7. The summed E-state index contributed by atoms with van der Waals surface area (Å²) in [5, 5.41) is 0. The number of nitrogens with two attached hydrogens (primary N) is 1. The number of unbranched alkanes of at least 4 members (excludes halogenated alkanes) is 1. The molecule has 0 aliphatic heterocycles. The predicted octanol–water partition coefficient (Wildman–Crippen LogP) is 1.69. The first kappa shape index (κ1) is 15.9. The number of anilines is 1. The molecule has 4 nitrogen and oxygen atoms in total. The van der Waals surface area contributed by atoms with E-state index in [4.69, 9.17) is 12.2 Å². The van der Waals surface area contributed by atoms with Gasteiger partial charge in [-0.2, -0.15) is 0 Å². The van der Waals surface area contributed by atoms with Gasteiger partial charge < -0.3 is 5.73 Å². The van der Waals surface area contributed by atoms with Crippen molar-refractivity contribution >= 4 is 27.5 Å². The van der Waals surface area contributed by atoms with Crippen molar-refractivity contribution in [2.24, 2.45) is 0 Å². The van der Waals surface area contributed by atoms with Crippen LogP contribution in [0.15, 0.2) is 29.2 Å². The molecule has 0 aromatic heterocycles. The lowest BCUT2D eigenvalue weighted by Crippen LogP contribution is -2.28. The Morgan fingerprint density at radius 2 is 2.11 bits per heavy atom. The van der Waals surface area contributed by atoms with Crippen molar-refractivity contribution in [2.75, 3.05) is 23.8 Å². The van der Waals surface area contributed by atoms with Crippen molar-refractivity contribution in [1.29, 1.82) is 0 Å². The van der Waals surface area contributed by atoms with Crippen molar-refractivity contribution in [3.05, 3.63) is 24.3 Å². The summed E-state index contributed by atoms with van der Waals surface area (Å²) in [6.45, 7) is 0.394. The second-order valence-electron chi connectivity index (χ2n) is 3.91. The van der Waals surface area contributed by atoms with Crippen molar-refractivity contribution in [1.82, 2.24) is 4.72 Å². The summed E-state index contributed by atoms with van der Waals surface area (Å²) in [6, 6.07) is 7.41. The van der Waals surface area contributed by atoms with Gasteiger partial charge in [0.15, 0.2) is 0 Å². The van der Waals surface area contributed by atoms with Crippen molar-refractivity contribution in [3.63, 3.8) is 0 Å². The number of thioether (sulfide) groups is 1. The Morgan fingerprint density at radius 1 is 1.37 bits per heavy atom. The minimum Gasteiger partial charge on any atom is -0.398 e. The summed E-state index contributed by atoms with van der Waals surface area (Å²) in [5.74, 6) is 3.01. The molecule has 19 heavy (non-hydrogen) atoms. The highest BCUT2D eigenvalue weighted by Gasteiger charge is 2.09. The average Bonchev–Trinajstić information content (AvgIpc) is 2.37. The fourth-order valence-corrected chi connectivity index (χ4v) is 3.80. The number of sulfonamides is 1. The first-order valence-corrected chi connectivity index (χ1v) is 8.57. The molecular formula is C13H18N2O2S2. The summed E-state index contributed by atoms with van der Waals surface area (Å²) in [5.41, 5.74) is 6.45. The van der Waals surface area contributed by atoms with Crippen molar-refractivity contribution < 1.29 is 8.42 Å². The topological polar surface area (TPSA) is 72.2 Å². The summed E-state index contributed by atoms with van der Waals surface area (Å²) >= 11 is 1.44. The molecule has 1 aromatic rings. The molecule has 3 N–H and O–H groups in total. The standard InChI is InChI=1S/C13H18N2O2S2/c1-2-3-6-9-15-19(16,17)11-10-18-13-8-5-4-7-12(13)14/h1,4-5,7-8,15H,3,6,9-11,14H2. The molecule has 0 aliphatic rings. The van der Waals surface area contributed by atoms with Gasteiger partial charge in [-0.3, -0.25) is 0 Å². The molecule has 6 heteroatoms. The summed E-state index contributed by atoms with van der Waals surface area (Å²) in [7, 11) is -3.23. The average molecular weight is 298 g/mol. The Hall–Kier alpha value is -1.16. The van der Waals surface area contributed by atoms with Crippen LogP contribution in [0.25, 0.3) is 0 Å². The first-order chi connectivity index (χ1) is 9.05. The van der Waals surface area contributed by atoms with E-state index < -0.39 is 10.0 Å². The highest BCUT2D eigenvalue weighted by Crippen LogP contribution is 2.24. The van der Waals surface area contributed by atoms with Crippen LogP contribution in [0.1, 0.15) is 12.8 Å². The van der Waals surface area contributed by atoms with E-state index in [-0.39, 0.29) is 5.75 Å². The zero-order valence-electron chi connectivity index (χ0n) is 10.6. The van der Waals surface area contributed by atoms with E-state index in [1.54, 1.807) is 6.07 Å². The van der Waals surface area contributed by atoms with E-state index in [1.165, 1.54) is 11.8 Å². The van der Waals surface area contributed by atoms with Gasteiger partial charge in [-0.15, -0.1) is 24.1 Å². The summed E-state index contributed by atoms with van der Waals surface area (Å²) < 4.78 is 25.8. The second-order valence-corrected chi connectivity index (χ2v) is 6.97. The molecule has 0 fully saturated rings. The molecule has 0 saturated carbocycles. The van der Waals surface area contributed by atoms with Gasteiger partial charge in [-0.25, -0.2) is 13.1 Å². The molecule has 1 aromatic carbocycles. The van der Waals surface area contributed by atoms with Crippen LogP contribution < -0.4 is 10.5 Å². The third-order valence-corrected chi connectivity index (χ3v) is 5.08. The molecule has 0 aliphatic carbocycles. The van der Waals surface area contributed by atoms with Crippen LogP contribution in [0.3, 0.4) is 0 Å². The molecule has 0 saturated heterocycles. The van der Waals surface area contributed by atoms with E-state index in [2.05, 4.69) is 10.6 Å².